The zero-order valence-corrected chi connectivity index (χ0v) is 10.5. The highest BCUT2D eigenvalue weighted by atomic mass is 16.7. The molecule has 1 fully saturated rings. The van der Waals surface area contributed by atoms with E-state index in [9.17, 15) is 20.1 Å². The number of aromatic amines is 1. The number of nitrogens with two attached hydrogens (primary N) is 1. The molecule has 0 aliphatic carbocycles. The van der Waals surface area contributed by atoms with Crippen molar-refractivity contribution >= 4 is 17.1 Å². The van der Waals surface area contributed by atoms with Gasteiger partial charge in [0.15, 0.2) is 17.3 Å². The molecule has 0 amide bonds. The predicted molar refractivity (Wildman–Crippen MR) is 66.7 cm³/mol. The number of nitrogens with zero attached hydrogens (tertiary/aromatic N) is 3. The fraction of sp³-hybridized carbons (Fsp3) is 0.500. The van der Waals surface area contributed by atoms with Gasteiger partial charge in [-0.1, -0.05) is 0 Å². The maximum Gasteiger partial charge on any atom is 0.286 e. The van der Waals surface area contributed by atoms with Gasteiger partial charge in [0.1, 0.15) is 18.5 Å². The summed E-state index contributed by atoms with van der Waals surface area (Å²) in [5.74, 6) is -2.65. The molecule has 3 unspecified atom stereocenters. The summed E-state index contributed by atoms with van der Waals surface area (Å²) < 4.78 is 5.96. The van der Waals surface area contributed by atoms with Crippen LogP contribution in [0.5, 0.6) is 0 Å². The molecule has 11 heteroatoms. The van der Waals surface area contributed by atoms with Crippen LogP contribution >= 0.6 is 0 Å². The number of fused-ring (bicyclic) bond motifs is 1. The molecule has 0 radical (unpaired) electrons. The van der Waals surface area contributed by atoms with E-state index in [1.807, 2.05) is 0 Å². The number of aliphatic hydroxyl groups is 4. The monoisotopic (exact) mass is 299 g/mol. The summed E-state index contributed by atoms with van der Waals surface area (Å²) in [6, 6.07) is 0. The van der Waals surface area contributed by atoms with Crippen molar-refractivity contribution in [3.8, 4) is 0 Å². The maximum absolute atomic E-state index is 11.7. The summed E-state index contributed by atoms with van der Waals surface area (Å²) in [7, 11) is 0. The third-order valence-corrected chi connectivity index (χ3v) is 3.36. The average Bonchev–Trinajstić information content (AvgIpc) is 2.95. The van der Waals surface area contributed by atoms with Crippen LogP contribution in [0.25, 0.3) is 11.2 Å². The first-order valence-electron chi connectivity index (χ1n) is 5.99. The molecule has 0 aromatic carbocycles. The van der Waals surface area contributed by atoms with Crippen LogP contribution in [-0.2, 0) is 10.6 Å². The Morgan fingerprint density at radius 2 is 2.24 bits per heavy atom. The molecule has 3 heterocycles. The van der Waals surface area contributed by atoms with Gasteiger partial charge >= 0.3 is 0 Å². The number of hydrogen-bond acceptors (Lipinski definition) is 9. The van der Waals surface area contributed by atoms with Gasteiger partial charge in [-0.2, -0.15) is 4.98 Å². The van der Waals surface area contributed by atoms with Crippen LogP contribution in [0.2, 0.25) is 0 Å². The van der Waals surface area contributed by atoms with Crippen molar-refractivity contribution in [2.75, 3.05) is 12.3 Å². The standard InChI is InChI=1S/C10H13N5O6/c11-9-13-7-4(8(19)14-9)12-2-15(7)10(20)6(18)5(17)3(1-16)21-10/h2-3,5-6,16-18,20H,1H2,(H3,11,13,14,19)/t3-,5?,6?,10?/m1/s1. The van der Waals surface area contributed by atoms with E-state index in [-0.39, 0.29) is 17.1 Å². The largest absolute Gasteiger partial charge is 0.394 e. The Labute approximate surface area is 116 Å². The Hall–Kier alpha value is -2.05. The number of hydrogen-bond donors (Lipinski definition) is 6. The van der Waals surface area contributed by atoms with Gasteiger partial charge in [-0.15, -0.1) is 0 Å². The van der Waals surface area contributed by atoms with Gasteiger partial charge in [0, 0.05) is 0 Å². The number of aromatic nitrogens is 4. The van der Waals surface area contributed by atoms with Crippen LogP contribution in [0.4, 0.5) is 5.95 Å². The number of rotatable bonds is 2. The fourth-order valence-electron chi connectivity index (χ4n) is 2.29. The number of H-pyrrole nitrogens is 1. The lowest BCUT2D eigenvalue weighted by Gasteiger charge is -2.27. The Morgan fingerprint density at radius 3 is 2.86 bits per heavy atom. The van der Waals surface area contributed by atoms with Crippen molar-refractivity contribution in [1.82, 2.24) is 19.5 Å². The minimum atomic E-state index is -2.44. The van der Waals surface area contributed by atoms with Gasteiger partial charge in [0.05, 0.1) is 6.61 Å². The zero-order chi connectivity index (χ0) is 15.4. The van der Waals surface area contributed by atoms with Crippen LogP contribution < -0.4 is 11.3 Å². The van der Waals surface area contributed by atoms with Gasteiger partial charge in [0.2, 0.25) is 5.95 Å². The lowest BCUT2D eigenvalue weighted by Crippen LogP contribution is -2.45. The van der Waals surface area contributed by atoms with E-state index in [0.29, 0.717) is 0 Å². The molecule has 0 spiro atoms. The van der Waals surface area contributed by atoms with Crippen molar-refractivity contribution in [2.24, 2.45) is 0 Å². The van der Waals surface area contributed by atoms with Crippen molar-refractivity contribution < 1.29 is 25.2 Å². The van der Waals surface area contributed by atoms with E-state index >= 15 is 0 Å². The molecule has 21 heavy (non-hydrogen) atoms. The van der Waals surface area contributed by atoms with Crippen molar-refractivity contribution in [2.45, 2.75) is 24.2 Å². The lowest BCUT2D eigenvalue weighted by molar-refractivity contribution is -0.287. The topological polar surface area (TPSA) is 180 Å². The molecular formula is C10H13N5O6. The molecule has 1 aliphatic heterocycles. The molecule has 1 aliphatic rings. The predicted octanol–water partition coefficient (Wildman–Crippen LogP) is -3.58. The molecule has 4 atom stereocenters. The van der Waals surface area contributed by atoms with Crippen LogP contribution in [0.1, 0.15) is 0 Å². The highest BCUT2D eigenvalue weighted by Crippen LogP contribution is 2.34. The third-order valence-electron chi connectivity index (χ3n) is 3.36. The van der Waals surface area contributed by atoms with E-state index in [2.05, 4.69) is 15.0 Å². The van der Waals surface area contributed by atoms with E-state index in [0.717, 1.165) is 10.9 Å². The molecule has 7 N–H and O–H groups in total. The molecule has 2 aromatic rings. The number of nitrogens with one attached hydrogen (secondary N) is 1. The Morgan fingerprint density at radius 1 is 1.52 bits per heavy atom. The first-order valence-corrected chi connectivity index (χ1v) is 5.99. The van der Waals surface area contributed by atoms with Crippen LogP contribution in [0.15, 0.2) is 11.1 Å². The van der Waals surface area contributed by atoms with Crippen molar-refractivity contribution in [3.05, 3.63) is 16.7 Å². The summed E-state index contributed by atoms with van der Waals surface area (Å²) in [4.78, 5) is 21.5. The second kappa shape index (κ2) is 4.47. The Balaban J connectivity index is 2.19. The van der Waals surface area contributed by atoms with Gasteiger partial charge in [0.25, 0.3) is 11.5 Å². The summed E-state index contributed by atoms with van der Waals surface area (Å²) in [5.41, 5.74) is 4.53. The van der Waals surface area contributed by atoms with Crippen molar-refractivity contribution in [3.63, 3.8) is 0 Å². The second-order valence-electron chi connectivity index (χ2n) is 4.67. The highest BCUT2D eigenvalue weighted by Gasteiger charge is 2.55. The number of aliphatic hydroxyl groups excluding tert-OH is 3. The van der Waals surface area contributed by atoms with Gasteiger partial charge < -0.3 is 30.9 Å². The summed E-state index contributed by atoms with van der Waals surface area (Å²) in [6.45, 7) is -0.622. The zero-order valence-electron chi connectivity index (χ0n) is 10.5. The van der Waals surface area contributed by atoms with E-state index in [4.69, 9.17) is 15.6 Å². The van der Waals surface area contributed by atoms with Crippen molar-refractivity contribution in [1.29, 1.82) is 0 Å². The average molecular weight is 299 g/mol. The minimum absolute atomic E-state index is 0.129. The first-order chi connectivity index (χ1) is 9.88. The molecule has 1 saturated heterocycles. The van der Waals surface area contributed by atoms with E-state index in [1.54, 1.807) is 0 Å². The van der Waals surface area contributed by atoms with E-state index in [1.165, 1.54) is 0 Å². The maximum atomic E-state index is 11.7. The molecule has 3 rings (SSSR count). The minimum Gasteiger partial charge on any atom is -0.394 e. The number of anilines is 1. The fourth-order valence-corrected chi connectivity index (χ4v) is 2.29. The quantitative estimate of drug-likeness (QED) is 0.327. The third kappa shape index (κ3) is 1.83. The highest BCUT2D eigenvalue weighted by molar-refractivity contribution is 5.70. The molecule has 0 bridgehead atoms. The van der Waals surface area contributed by atoms with E-state index < -0.39 is 36.4 Å². The van der Waals surface area contributed by atoms with Crippen LogP contribution in [-0.4, -0.2) is 64.9 Å². The Bertz CT molecular complexity index is 743. The van der Waals surface area contributed by atoms with Gasteiger partial charge in [-0.3, -0.25) is 14.3 Å². The summed E-state index contributed by atoms with van der Waals surface area (Å²) in [5, 5.41) is 39.2. The molecule has 0 saturated carbocycles. The smallest absolute Gasteiger partial charge is 0.286 e. The number of ether oxygens (including phenoxy) is 1. The van der Waals surface area contributed by atoms with Crippen LogP contribution in [0, 0.1) is 0 Å². The molecule has 114 valence electrons. The number of nitrogen functional groups attached to an aromatic ring is 1. The Kier molecular flexibility index (Phi) is 2.96. The summed E-state index contributed by atoms with van der Waals surface area (Å²) >= 11 is 0. The second-order valence-corrected chi connectivity index (χ2v) is 4.67. The molecule has 11 nitrogen and oxygen atoms in total. The van der Waals surface area contributed by atoms with Gasteiger partial charge in [-0.25, -0.2) is 4.98 Å². The van der Waals surface area contributed by atoms with Crippen LogP contribution in [0.3, 0.4) is 0 Å². The summed E-state index contributed by atoms with van der Waals surface area (Å²) in [6.07, 6.45) is -3.50. The lowest BCUT2D eigenvalue weighted by atomic mass is 10.1. The molecular weight excluding hydrogens is 286 g/mol. The number of imidazole rings is 1. The van der Waals surface area contributed by atoms with Gasteiger partial charge in [-0.05, 0) is 0 Å². The molecule has 2 aromatic heterocycles. The SMILES string of the molecule is Nc1nc2c(ncn2C2(O)O[C@H](CO)C(O)C2O)c(=O)[nH]1. The normalized spacial score (nSPS) is 32.9. The first kappa shape index (κ1) is 13.9.